The van der Waals surface area contributed by atoms with Gasteiger partial charge in [0.15, 0.2) is 5.76 Å². The summed E-state index contributed by atoms with van der Waals surface area (Å²) in [6.07, 6.45) is 0.519. The molecule has 1 amide bonds. The number of hydrogen-bond donors (Lipinski definition) is 2. The van der Waals surface area contributed by atoms with Crippen LogP contribution in [0.4, 0.5) is 5.69 Å². The number of nitrogens with one attached hydrogen (secondary N) is 1. The lowest BCUT2D eigenvalue weighted by molar-refractivity contribution is 0.0657. The molecule has 0 unspecified atom stereocenters. The maximum Gasteiger partial charge on any atom is 0.339 e. The number of carboxylic acid groups (broad SMARTS) is 1. The van der Waals surface area contributed by atoms with E-state index in [0.717, 1.165) is 5.56 Å². The molecule has 1 aromatic heterocycles. The molecule has 0 atom stereocenters. The van der Waals surface area contributed by atoms with Crippen molar-refractivity contribution in [1.82, 2.24) is 0 Å². The molecule has 6 nitrogen and oxygen atoms in total. The normalized spacial score (nSPS) is 10.8. The number of amides is 1. The Balaban J connectivity index is 2.12. The van der Waals surface area contributed by atoms with Gasteiger partial charge in [-0.15, -0.1) is 0 Å². The smallest absolute Gasteiger partial charge is 0.339 e. The van der Waals surface area contributed by atoms with Crippen LogP contribution in [0.15, 0.2) is 34.7 Å². The van der Waals surface area contributed by atoms with Crippen molar-refractivity contribution < 1.29 is 23.8 Å². The SMILES string of the molecule is CCc1oc(C(=O)Nc2cccc(COC(C)C)c2)cc1C(=O)O. The number of hydrogen-bond acceptors (Lipinski definition) is 4. The number of anilines is 1. The molecule has 6 heteroatoms. The topological polar surface area (TPSA) is 88.8 Å². The van der Waals surface area contributed by atoms with Crippen molar-refractivity contribution in [3.8, 4) is 0 Å². The van der Waals surface area contributed by atoms with Gasteiger partial charge in [-0.2, -0.15) is 0 Å². The predicted molar refractivity (Wildman–Crippen MR) is 89.4 cm³/mol. The standard InChI is InChI=1S/C18H21NO5/c1-4-15-14(18(21)22)9-16(24-15)17(20)19-13-7-5-6-12(8-13)10-23-11(2)3/h5-9,11H,4,10H2,1-3H3,(H,19,20)(H,21,22). The largest absolute Gasteiger partial charge is 0.478 e. The number of aryl methyl sites for hydroxylation is 1. The highest BCUT2D eigenvalue weighted by Gasteiger charge is 2.20. The maximum atomic E-state index is 12.3. The molecular weight excluding hydrogens is 310 g/mol. The lowest BCUT2D eigenvalue weighted by atomic mass is 10.2. The van der Waals surface area contributed by atoms with E-state index in [9.17, 15) is 9.59 Å². The Morgan fingerprint density at radius 1 is 1.29 bits per heavy atom. The molecule has 0 saturated heterocycles. The van der Waals surface area contributed by atoms with Gasteiger partial charge in [0, 0.05) is 18.2 Å². The lowest BCUT2D eigenvalue weighted by Gasteiger charge is -2.09. The zero-order valence-electron chi connectivity index (χ0n) is 14.0. The number of benzene rings is 1. The summed E-state index contributed by atoms with van der Waals surface area (Å²) in [6, 6.07) is 8.53. The third kappa shape index (κ3) is 4.45. The molecule has 2 N–H and O–H groups in total. The van der Waals surface area contributed by atoms with Crippen molar-refractivity contribution in [3.05, 3.63) is 53.0 Å². The Morgan fingerprint density at radius 2 is 2.04 bits per heavy atom. The van der Waals surface area contributed by atoms with Gasteiger partial charge >= 0.3 is 5.97 Å². The van der Waals surface area contributed by atoms with Crippen LogP contribution in [0.3, 0.4) is 0 Å². The van der Waals surface area contributed by atoms with Crippen LogP contribution in [0.5, 0.6) is 0 Å². The van der Waals surface area contributed by atoms with E-state index in [1.54, 1.807) is 13.0 Å². The molecule has 2 rings (SSSR count). The van der Waals surface area contributed by atoms with Crippen molar-refractivity contribution in [2.75, 3.05) is 5.32 Å². The fourth-order valence-corrected chi connectivity index (χ4v) is 2.18. The van der Waals surface area contributed by atoms with E-state index in [1.165, 1.54) is 6.07 Å². The number of ether oxygens (including phenoxy) is 1. The molecule has 0 radical (unpaired) electrons. The monoisotopic (exact) mass is 331 g/mol. The molecule has 0 bridgehead atoms. The minimum atomic E-state index is -1.11. The van der Waals surface area contributed by atoms with Gasteiger partial charge in [0.05, 0.1) is 12.7 Å². The van der Waals surface area contributed by atoms with Crippen LogP contribution in [0, 0.1) is 0 Å². The van der Waals surface area contributed by atoms with Crippen LogP contribution in [0.2, 0.25) is 0 Å². The first-order valence-corrected chi connectivity index (χ1v) is 7.78. The average molecular weight is 331 g/mol. The number of carboxylic acids is 1. The van der Waals surface area contributed by atoms with Crippen LogP contribution in [0.1, 0.15) is 53.0 Å². The molecule has 0 saturated carbocycles. The molecule has 0 spiro atoms. The average Bonchev–Trinajstić information content (AvgIpc) is 2.98. The van der Waals surface area contributed by atoms with Crippen LogP contribution in [-0.2, 0) is 17.8 Å². The second kappa shape index (κ2) is 7.79. The predicted octanol–water partition coefficient (Wildman–Crippen LogP) is 3.72. The molecule has 24 heavy (non-hydrogen) atoms. The fourth-order valence-electron chi connectivity index (χ4n) is 2.18. The fraction of sp³-hybridized carbons (Fsp3) is 0.333. The minimum Gasteiger partial charge on any atom is -0.478 e. The number of carbonyl (C=O) groups excluding carboxylic acids is 1. The number of furan rings is 1. The van der Waals surface area contributed by atoms with Gasteiger partial charge in [-0.25, -0.2) is 4.79 Å². The summed E-state index contributed by atoms with van der Waals surface area (Å²) in [5.74, 6) is -1.33. The van der Waals surface area contributed by atoms with Crippen molar-refractivity contribution in [2.24, 2.45) is 0 Å². The Labute approximate surface area is 140 Å². The first kappa shape index (κ1) is 17.7. The van der Waals surface area contributed by atoms with Crippen LogP contribution in [0.25, 0.3) is 0 Å². The molecule has 1 heterocycles. The summed E-state index contributed by atoms with van der Waals surface area (Å²) < 4.78 is 10.9. The van der Waals surface area contributed by atoms with Gasteiger partial charge in [0.2, 0.25) is 0 Å². The molecule has 0 aliphatic carbocycles. The Hall–Kier alpha value is -2.60. The zero-order valence-corrected chi connectivity index (χ0v) is 14.0. The van der Waals surface area contributed by atoms with E-state index in [0.29, 0.717) is 18.7 Å². The van der Waals surface area contributed by atoms with E-state index in [2.05, 4.69) is 5.32 Å². The summed E-state index contributed by atoms with van der Waals surface area (Å²) in [4.78, 5) is 23.4. The zero-order chi connectivity index (χ0) is 17.7. The number of rotatable bonds is 7. The van der Waals surface area contributed by atoms with Gasteiger partial charge in [-0.3, -0.25) is 4.79 Å². The maximum absolute atomic E-state index is 12.3. The molecule has 0 aliphatic rings. The van der Waals surface area contributed by atoms with E-state index in [1.807, 2.05) is 32.0 Å². The second-order valence-corrected chi connectivity index (χ2v) is 5.62. The number of aromatic carboxylic acids is 1. The Morgan fingerprint density at radius 3 is 2.62 bits per heavy atom. The van der Waals surface area contributed by atoms with Gasteiger partial charge in [0.25, 0.3) is 5.91 Å². The third-order valence-electron chi connectivity index (χ3n) is 3.35. The van der Waals surface area contributed by atoms with E-state index in [-0.39, 0.29) is 23.2 Å². The highest BCUT2D eigenvalue weighted by atomic mass is 16.5. The Kier molecular flexibility index (Phi) is 5.76. The molecule has 2 aromatic rings. The first-order chi connectivity index (χ1) is 11.4. The van der Waals surface area contributed by atoms with Crippen LogP contribution in [-0.4, -0.2) is 23.1 Å². The number of carbonyl (C=O) groups is 2. The van der Waals surface area contributed by atoms with Gasteiger partial charge in [-0.1, -0.05) is 19.1 Å². The highest BCUT2D eigenvalue weighted by molar-refractivity contribution is 6.04. The summed E-state index contributed by atoms with van der Waals surface area (Å²) in [5, 5.41) is 11.8. The first-order valence-electron chi connectivity index (χ1n) is 7.78. The van der Waals surface area contributed by atoms with E-state index in [4.69, 9.17) is 14.3 Å². The van der Waals surface area contributed by atoms with Crippen LogP contribution < -0.4 is 5.32 Å². The summed E-state index contributed by atoms with van der Waals surface area (Å²) in [5.41, 5.74) is 1.54. The summed E-state index contributed by atoms with van der Waals surface area (Å²) in [6.45, 7) is 6.12. The van der Waals surface area contributed by atoms with Crippen molar-refractivity contribution in [2.45, 2.75) is 39.9 Å². The van der Waals surface area contributed by atoms with Crippen molar-refractivity contribution in [1.29, 1.82) is 0 Å². The minimum absolute atomic E-state index is 0.0155. The van der Waals surface area contributed by atoms with Crippen molar-refractivity contribution >= 4 is 17.6 Å². The third-order valence-corrected chi connectivity index (χ3v) is 3.35. The summed E-state index contributed by atoms with van der Waals surface area (Å²) in [7, 11) is 0. The quantitative estimate of drug-likeness (QED) is 0.807. The second-order valence-electron chi connectivity index (χ2n) is 5.62. The lowest BCUT2D eigenvalue weighted by Crippen LogP contribution is -2.11. The highest BCUT2D eigenvalue weighted by Crippen LogP contribution is 2.19. The molecule has 0 aliphatic heterocycles. The molecular formula is C18H21NO5. The van der Waals surface area contributed by atoms with Crippen LogP contribution >= 0.6 is 0 Å². The van der Waals surface area contributed by atoms with Gasteiger partial charge in [0.1, 0.15) is 11.3 Å². The van der Waals surface area contributed by atoms with Crippen molar-refractivity contribution in [3.63, 3.8) is 0 Å². The van der Waals surface area contributed by atoms with E-state index >= 15 is 0 Å². The molecule has 128 valence electrons. The van der Waals surface area contributed by atoms with E-state index < -0.39 is 11.9 Å². The molecule has 0 fully saturated rings. The van der Waals surface area contributed by atoms with Gasteiger partial charge in [-0.05, 0) is 31.5 Å². The summed E-state index contributed by atoms with van der Waals surface area (Å²) >= 11 is 0. The molecule has 1 aromatic carbocycles. The Bertz CT molecular complexity index is 733. The van der Waals surface area contributed by atoms with Gasteiger partial charge < -0.3 is 19.6 Å².